The Morgan fingerprint density at radius 2 is 1.98 bits per heavy atom. The summed E-state index contributed by atoms with van der Waals surface area (Å²) >= 11 is 0. The number of pyridine rings is 1. The van der Waals surface area contributed by atoms with Gasteiger partial charge in [-0.15, -0.1) is 5.10 Å². The van der Waals surface area contributed by atoms with Crippen molar-refractivity contribution < 1.29 is 14.3 Å². The quantitative estimate of drug-likeness (QED) is 0.207. The first-order chi connectivity index (χ1) is 22.2. The summed E-state index contributed by atoms with van der Waals surface area (Å²) in [6.07, 6.45) is 14.6. The van der Waals surface area contributed by atoms with Crippen LogP contribution in [0.5, 0.6) is 0 Å². The Morgan fingerprint density at radius 1 is 1.11 bits per heavy atom. The van der Waals surface area contributed by atoms with Gasteiger partial charge in [0.05, 0.1) is 46.2 Å². The van der Waals surface area contributed by atoms with Gasteiger partial charge in [0.1, 0.15) is 16.9 Å². The monoisotopic (exact) mass is 640 g/mol. The number of hydrogen-bond acceptors (Lipinski definition) is 7. The molecule has 5 heterocycles. The predicted molar refractivity (Wildman–Crippen MR) is 180 cm³/mol. The van der Waals surface area contributed by atoms with E-state index in [0.717, 1.165) is 71.5 Å². The van der Waals surface area contributed by atoms with E-state index in [9.17, 15) is 4.79 Å². The van der Waals surface area contributed by atoms with Gasteiger partial charge in [-0.25, -0.2) is 19.1 Å². The SMILES string of the molecule is C[SiH2]c1cc(-c2cn(Cc3cn4cc(CN(CC5CCC5)C(=O)OC(C)(C)C)ccc4n3)nn2)c2cnn(C3CCCCO3)c2c1. The topological polar surface area (TPSA) is 105 Å². The standard InChI is InChI=1S/C34H44N8O3Si/c1-34(2,3)45-33(43)40(17-23-8-7-9-23)19-24-11-12-31-36-25(20-39(31)18-24)21-41-22-29(37-38-41)27-14-26(46-4)15-30-28(27)16-35-42(30)32-10-5-6-13-44-32/h11-12,14-16,18,20,22-23,32H,5-10,13,17,19,21,46H2,1-4H3. The number of nitrogens with zero attached hydrogens (tertiary/aromatic N) is 8. The van der Waals surface area contributed by atoms with Crippen molar-refractivity contribution in [3.63, 3.8) is 0 Å². The lowest BCUT2D eigenvalue weighted by Gasteiger charge is -2.33. The Labute approximate surface area is 271 Å². The average molecular weight is 641 g/mol. The fourth-order valence-corrected chi connectivity index (χ4v) is 7.23. The van der Waals surface area contributed by atoms with Crippen molar-refractivity contribution in [1.82, 2.24) is 39.1 Å². The second kappa shape index (κ2) is 12.6. The third-order valence-electron chi connectivity index (χ3n) is 9.04. The molecule has 46 heavy (non-hydrogen) atoms. The van der Waals surface area contributed by atoms with E-state index < -0.39 is 15.1 Å². The minimum atomic E-state index is -0.530. The van der Waals surface area contributed by atoms with Crippen molar-refractivity contribution in [2.45, 2.75) is 90.8 Å². The van der Waals surface area contributed by atoms with Gasteiger partial charge in [-0.2, -0.15) is 5.10 Å². The molecule has 0 radical (unpaired) electrons. The lowest BCUT2D eigenvalue weighted by Crippen LogP contribution is -2.40. The molecule has 242 valence electrons. The van der Waals surface area contributed by atoms with Crippen LogP contribution in [0.2, 0.25) is 6.55 Å². The van der Waals surface area contributed by atoms with Crippen LogP contribution < -0.4 is 5.19 Å². The summed E-state index contributed by atoms with van der Waals surface area (Å²) in [5.74, 6) is 0.549. The maximum atomic E-state index is 13.1. The molecule has 1 amide bonds. The largest absolute Gasteiger partial charge is 0.444 e. The molecular formula is C34H44N8O3Si. The van der Waals surface area contributed by atoms with Crippen LogP contribution in [0, 0.1) is 5.92 Å². The normalized spacial score (nSPS) is 17.7. The van der Waals surface area contributed by atoms with Gasteiger partial charge in [0.2, 0.25) is 0 Å². The van der Waals surface area contributed by atoms with Crippen molar-refractivity contribution in [3.8, 4) is 11.3 Å². The number of rotatable bonds is 9. The van der Waals surface area contributed by atoms with Crippen LogP contribution in [0.1, 0.15) is 76.8 Å². The third kappa shape index (κ3) is 6.59. The predicted octanol–water partition coefficient (Wildman–Crippen LogP) is 5.07. The van der Waals surface area contributed by atoms with E-state index in [2.05, 4.69) is 39.9 Å². The van der Waals surface area contributed by atoms with Crippen LogP contribution in [0.25, 0.3) is 27.8 Å². The van der Waals surface area contributed by atoms with Gasteiger partial charge >= 0.3 is 6.09 Å². The Balaban J connectivity index is 1.10. The molecule has 1 aliphatic carbocycles. The van der Waals surface area contributed by atoms with Crippen molar-refractivity contribution in [3.05, 3.63) is 60.3 Å². The Kier molecular flexibility index (Phi) is 8.41. The van der Waals surface area contributed by atoms with E-state index in [0.29, 0.717) is 19.0 Å². The van der Waals surface area contributed by atoms with Crippen LogP contribution in [0.4, 0.5) is 4.79 Å². The lowest BCUT2D eigenvalue weighted by molar-refractivity contribution is -0.0366. The molecule has 12 heteroatoms. The van der Waals surface area contributed by atoms with Gasteiger partial charge in [0.25, 0.3) is 0 Å². The zero-order valence-corrected chi connectivity index (χ0v) is 28.8. The second-order valence-electron chi connectivity index (χ2n) is 13.8. The van der Waals surface area contributed by atoms with Gasteiger partial charge in [0, 0.05) is 36.5 Å². The van der Waals surface area contributed by atoms with Crippen molar-refractivity contribution >= 4 is 37.3 Å². The average Bonchev–Trinajstić information content (AvgIpc) is 3.75. The first-order valence-electron chi connectivity index (χ1n) is 16.7. The van der Waals surface area contributed by atoms with Crippen LogP contribution in [-0.4, -0.2) is 73.4 Å². The van der Waals surface area contributed by atoms with Gasteiger partial charge < -0.3 is 18.8 Å². The van der Waals surface area contributed by atoms with Gasteiger partial charge in [-0.05, 0) is 76.5 Å². The van der Waals surface area contributed by atoms with E-state index in [4.69, 9.17) is 19.6 Å². The maximum Gasteiger partial charge on any atom is 0.410 e. The smallest absolute Gasteiger partial charge is 0.410 e. The van der Waals surface area contributed by atoms with Gasteiger partial charge in [0.15, 0.2) is 6.23 Å². The molecule has 7 rings (SSSR count). The van der Waals surface area contributed by atoms with Crippen LogP contribution in [0.15, 0.2) is 49.1 Å². The molecular weight excluding hydrogens is 597 g/mol. The number of imidazole rings is 1. The zero-order chi connectivity index (χ0) is 31.8. The molecule has 2 fully saturated rings. The summed E-state index contributed by atoms with van der Waals surface area (Å²) in [5.41, 5.74) is 5.24. The molecule has 0 bridgehead atoms. The molecule has 11 nitrogen and oxygen atoms in total. The number of carbonyl (C=O) groups is 1. The number of ether oxygens (including phenoxy) is 2. The summed E-state index contributed by atoms with van der Waals surface area (Å²) < 4.78 is 17.7. The Hall–Kier alpha value is -4.03. The third-order valence-corrected chi connectivity index (χ3v) is 10.3. The molecule has 1 aromatic carbocycles. The molecule has 1 atom stereocenters. The van der Waals surface area contributed by atoms with Crippen LogP contribution in [0.3, 0.4) is 0 Å². The van der Waals surface area contributed by atoms with E-state index in [1.165, 1.54) is 24.4 Å². The van der Waals surface area contributed by atoms with Crippen molar-refractivity contribution in [1.29, 1.82) is 0 Å². The summed E-state index contributed by atoms with van der Waals surface area (Å²) in [6, 6.07) is 8.60. The summed E-state index contributed by atoms with van der Waals surface area (Å²) in [4.78, 5) is 19.8. The molecule has 0 spiro atoms. The molecule has 1 saturated carbocycles. The van der Waals surface area contributed by atoms with Crippen LogP contribution >= 0.6 is 0 Å². The Bertz CT molecular complexity index is 1840. The van der Waals surface area contributed by atoms with E-state index in [-0.39, 0.29) is 12.3 Å². The van der Waals surface area contributed by atoms with E-state index in [1.54, 1.807) is 0 Å². The van der Waals surface area contributed by atoms with Gasteiger partial charge in [-0.3, -0.25) is 0 Å². The highest BCUT2D eigenvalue weighted by Gasteiger charge is 2.28. The lowest BCUT2D eigenvalue weighted by atomic mass is 9.85. The van der Waals surface area contributed by atoms with Crippen LogP contribution in [-0.2, 0) is 22.6 Å². The molecule has 4 aromatic heterocycles. The fraction of sp³-hybridized carbons (Fsp3) is 0.500. The maximum absolute atomic E-state index is 13.1. The van der Waals surface area contributed by atoms with Crippen molar-refractivity contribution in [2.24, 2.45) is 5.92 Å². The molecule has 2 aliphatic rings. The molecule has 1 saturated heterocycles. The zero-order valence-electron chi connectivity index (χ0n) is 27.4. The molecule has 5 aromatic rings. The fourth-order valence-electron chi connectivity index (χ4n) is 6.43. The number of benzene rings is 1. The summed E-state index contributed by atoms with van der Waals surface area (Å²) in [6.45, 7) is 10.5. The minimum absolute atomic E-state index is 0.0118. The molecule has 1 unspecified atom stereocenters. The number of fused-ring (bicyclic) bond motifs is 2. The van der Waals surface area contributed by atoms with Crippen molar-refractivity contribution in [2.75, 3.05) is 13.2 Å². The number of carbonyl (C=O) groups excluding carboxylic acids is 1. The van der Waals surface area contributed by atoms with E-state index in [1.807, 2.05) is 65.5 Å². The summed E-state index contributed by atoms with van der Waals surface area (Å²) in [5, 5.41) is 16.3. The number of hydrogen-bond donors (Lipinski definition) is 0. The Morgan fingerprint density at radius 3 is 2.72 bits per heavy atom. The first kappa shape index (κ1) is 30.6. The molecule has 0 N–H and O–H groups in total. The number of aromatic nitrogens is 7. The van der Waals surface area contributed by atoms with E-state index >= 15 is 0 Å². The minimum Gasteiger partial charge on any atom is -0.444 e. The highest BCUT2D eigenvalue weighted by atomic mass is 28.2. The highest BCUT2D eigenvalue weighted by molar-refractivity contribution is 6.52. The molecule has 1 aliphatic heterocycles. The highest BCUT2D eigenvalue weighted by Crippen LogP contribution is 2.31. The number of amides is 1. The second-order valence-corrected chi connectivity index (χ2v) is 15.4. The first-order valence-corrected chi connectivity index (χ1v) is 18.8. The van der Waals surface area contributed by atoms with Gasteiger partial charge in [-0.1, -0.05) is 35.5 Å². The summed E-state index contributed by atoms with van der Waals surface area (Å²) in [7, 11) is -0.407.